The molecule has 0 saturated carbocycles. The van der Waals surface area contributed by atoms with Gasteiger partial charge >= 0.3 is 0 Å². The van der Waals surface area contributed by atoms with Crippen LogP contribution in [0.1, 0.15) is 24.0 Å². The molecule has 0 aliphatic heterocycles. The van der Waals surface area contributed by atoms with E-state index in [0.717, 1.165) is 30.8 Å². The number of allylic oxidation sites excluding steroid dienone is 1. The first kappa shape index (κ1) is 10.1. The molecular weight excluding hydrogens is 188 g/mol. The van der Waals surface area contributed by atoms with Gasteiger partial charge in [0.15, 0.2) is 0 Å². The molecule has 0 atom stereocenters. The summed E-state index contributed by atoms with van der Waals surface area (Å²) in [6.07, 6.45) is 5.38. The normalized spacial score (nSPS) is 14.9. The van der Waals surface area contributed by atoms with Gasteiger partial charge in [-0.05, 0) is 42.2 Å². The SMILES string of the molecule is COC1=Cc2ccc(OC)cc2CCC1. The lowest BCUT2D eigenvalue weighted by atomic mass is 10.0. The molecule has 1 aromatic rings. The summed E-state index contributed by atoms with van der Waals surface area (Å²) >= 11 is 0. The van der Waals surface area contributed by atoms with E-state index in [1.54, 1.807) is 14.2 Å². The summed E-state index contributed by atoms with van der Waals surface area (Å²) in [6.45, 7) is 0. The van der Waals surface area contributed by atoms with Gasteiger partial charge in [-0.3, -0.25) is 0 Å². The molecule has 2 rings (SSSR count). The fourth-order valence-electron chi connectivity index (χ4n) is 1.93. The van der Waals surface area contributed by atoms with E-state index < -0.39 is 0 Å². The second kappa shape index (κ2) is 4.39. The third kappa shape index (κ3) is 2.14. The van der Waals surface area contributed by atoms with Crippen LogP contribution in [0.2, 0.25) is 0 Å². The summed E-state index contributed by atoms with van der Waals surface area (Å²) in [5.41, 5.74) is 2.60. The highest BCUT2D eigenvalue weighted by molar-refractivity contribution is 5.58. The molecular formula is C13H16O2. The monoisotopic (exact) mass is 204 g/mol. The van der Waals surface area contributed by atoms with Crippen LogP contribution in [-0.2, 0) is 11.2 Å². The van der Waals surface area contributed by atoms with Gasteiger partial charge in [0.2, 0.25) is 0 Å². The molecule has 1 aliphatic rings. The number of aryl methyl sites for hydroxylation is 1. The summed E-state index contributed by atoms with van der Waals surface area (Å²) in [7, 11) is 3.44. The quantitative estimate of drug-likeness (QED) is 0.737. The minimum absolute atomic E-state index is 0.933. The number of hydrogen-bond acceptors (Lipinski definition) is 2. The number of ether oxygens (including phenoxy) is 2. The number of benzene rings is 1. The number of hydrogen-bond donors (Lipinski definition) is 0. The van der Waals surface area contributed by atoms with Gasteiger partial charge in [0.05, 0.1) is 20.0 Å². The summed E-state index contributed by atoms with van der Waals surface area (Å²) in [5.74, 6) is 2.00. The Labute approximate surface area is 90.5 Å². The lowest BCUT2D eigenvalue weighted by Crippen LogP contribution is -1.90. The summed E-state index contributed by atoms with van der Waals surface area (Å²) in [5, 5.41) is 0. The van der Waals surface area contributed by atoms with Crippen LogP contribution in [0.15, 0.2) is 24.0 Å². The van der Waals surface area contributed by atoms with Crippen molar-refractivity contribution in [2.24, 2.45) is 0 Å². The second-order valence-electron chi connectivity index (χ2n) is 3.73. The maximum atomic E-state index is 5.31. The van der Waals surface area contributed by atoms with E-state index >= 15 is 0 Å². The highest BCUT2D eigenvalue weighted by atomic mass is 16.5. The van der Waals surface area contributed by atoms with Gasteiger partial charge in [0.1, 0.15) is 5.75 Å². The lowest BCUT2D eigenvalue weighted by Gasteiger charge is -2.06. The minimum atomic E-state index is 0.933. The highest BCUT2D eigenvalue weighted by Gasteiger charge is 2.09. The molecule has 15 heavy (non-hydrogen) atoms. The van der Waals surface area contributed by atoms with Crippen LogP contribution in [0.4, 0.5) is 0 Å². The molecule has 80 valence electrons. The Kier molecular flexibility index (Phi) is 2.95. The summed E-state index contributed by atoms with van der Waals surface area (Å²) < 4.78 is 10.5. The molecule has 0 amide bonds. The lowest BCUT2D eigenvalue weighted by molar-refractivity contribution is 0.280. The van der Waals surface area contributed by atoms with Crippen LogP contribution in [0.3, 0.4) is 0 Å². The second-order valence-corrected chi connectivity index (χ2v) is 3.73. The van der Waals surface area contributed by atoms with Gasteiger partial charge in [-0.15, -0.1) is 0 Å². The average molecular weight is 204 g/mol. The van der Waals surface area contributed by atoms with E-state index in [9.17, 15) is 0 Å². The van der Waals surface area contributed by atoms with Crippen LogP contribution < -0.4 is 4.74 Å². The van der Waals surface area contributed by atoms with E-state index in [2.05, 4.69) is 18.2 Å². The topological polar surface area (TPSA) is 18.5 Å². The van der Waals surface area contributed by atoms with Crippen LogP contribution in [0.5, 0.6) is 5.75 Å². The zero-order valence-corrected chi connectivity index (χ0v) is 9.25. The summed E-state index contributed by atoms with van der Waals surface area (Å²) in [6, 6.07) is 6.21. The van der Waals surface area contributed by atoms with Crippen molar-refractivity contribution in [3.8, 4) is 5.75 Å². The third-order valence-corrected chi connectivity index (χ3v) is 2.80. The fraction of sp³-hybridized carbons (Fsp3) is 0.385. The molecule has 0 bridgehead atoms. The van der Waals surface area contributed by atoms with Gasteiger partial charge in [-0.1, -0.05) is 6.07 Å². The van der Waals surface area contributed by atoms with E-state index in [1.165, 1.54) is 11.1 Å². The molecule has 0 saturated heterocycles. The predicted octanol–water partition coefficient (Wildman–Crippen LogP) is 3.02. The molecule has 0 fully saturated rings. The molecule has 2 heteroatoms. The van der Waals surface area contributed by atoms with Gasteiger partial charge in [0, 0.05) is 6.42 Å². The molecule has 0 heterocycles. The van der Waals surface area contributed by atoms with Gasteiger partial charge in [-0.25, -0.2) is 0 Å². The van der Waals surface area contributed by atoms with Crippen molar-refractivity contribution in [3.05, 3.63) is 35.1 Å². The molecule has 0 N–H and O–H groups in total. The maximum Gasteiger partial charge on any atom is 0.119 e. The number of methoxy groups -OCH3 is 2. The maximum absolute atomic E-state index is 5.31. The van der Waals surface area contributed by atoms with Crippen molar-refractivity contribution in [1.82, 2.24) is 0 Å². The van der Waals surface area contributed by atoms with E-state index in [4.69, 9.17) is 9.47 Å². The smallest absolute Gasteiger partial charge is 0.119 e. The zero-order valence-electron chi connectivity index (χ0n) is 9.25. The van der Waals surface area contributed by atoms with Crippen LogP contribution >= 0.6 is 0 Å². The Morgan fingerprint density at radius 1 is 1.07 bits per heavy atom. The van der Waals surface area contributed by atoms with Crippen molar-refractivity contribution >= 4 is 6.08 Å². The molecule has 0 spiro atoms. The van der Waals surface area contributed by atoms with E-state index in [0.29, 0.717) is 0 Å². The zero-order chi connectivity index (χ0) is 10.7. The highest BCUT2D eigenvalue weighted by Crippen LogP contribution is 2.26. The molecule has 0 aromatic heterocycles. The Balaban J connectivity index is 2.38. The van der Waals surface area contributed by atoms with Gasteiger partial charge < -0.3 is 9.47 Å². The first-order chi connectivity index (χ1) is 7.33. The Hall–Kier alpha value is -1.44. The molecule has 1 aromatic carbocycles. The standard InChI is InChI=1S/C13H16O2/c1-14-12-5-3-4-10-8-13(15-2)7-6-11(10)9-12/h6-9H,3-5H2,1-2H3. The third-order valence-electron chi connectivity index (χ3n) is 2.80. The Bertz CT molecular complexity index is 380. The van der Waals surface area contributed by atoms with Crippen LogP contribution in [-0.4, -0.2) is 14.2 Å². The largest absolute Gasteiger partial charge is 0.501 e. The van der Waals surface area contributed by atoms with Gasteiger partial charge in [0.25, 0.3) is 0 Å². The minimum Gasteiger partial charge on any atom is -0.501 e. The Morgan fingerprint density at radius 2 is 1.93 bits per heavy atom. The summed E-state index contributed by atoms with van der Waals surface area (Å²) in [4.78, 5) is 0. The van der Waals surface area contributed by atoms with Crippen molar-refractivity contribution < 1.29 is 9.47 Å². The van der Waals surface area contributed by atoms with E-state index in [-0.39, 0.29) is 0 Å². The Morgan fingerprint density at radius 3 is 2.67 bits per heavy atom. The first-order valence-electron chi connectivity index (χ1n) is 5.25. The number of rotatable bonds is 2. The number of fused-ring (bicyclic) bond motifs is 1. The molecule has 0 radical (unpaired) electrons. The van der Waals surface area contributed by atoms with Crippen LogP contribution in [0.25, 0.3) is 6.08 Å². The van der Waals surface area contributed by atoms with Crippen LogP contribution in [0, 0.1) is 0 Å². The van der Waals surface area contributed by atoms with E-state index in [1.807, 2.05) is 6.07 Å². The molecule has 2 nitrogen and oxygen atoms in total. The van der Waals surface area contributed by atoms with Crippen molar-refractivity contribution in [3.63, 3.8) is 0 Å². The molecule has 1 aliphatic carbocycles. The van der Waals surface area contributed by atoms with Gasteiger partial charge in [-0.2, -0.15) is 0 Å². The predicted molar refractivity (Wildman–Crippen MR) is 60.9 cm³/mol. The van der Waals surface area contributed by atoms with Crippen molar-refractivity contribution in [1.29, 1.82) is 0 Å². The van der Waals surface area contributed by atoms with Crippen molar-refractivity contribution in [2.75, 3.05) is 14.2 Å². The van der Waals surface area contributed by atoms with Crippen molar-refractivity contribution in [2.45, 2.75) is 19.3 Å². The average Bonchev–Trinajstić information content (AvgIpc) is 2.49. The first-order valence-corrected chi connectivity index (χ1v) is 5.25. The fourth-order valence-corrected chi connectivity index (χ4v) is 1.93. The molecule has 0 unspecified atom stereocenters.